The van der Waals surface area contributed by atoms with Gasteiger partial charge in [0.25, 0.3) is 0 Å². The fourth-order valence-corrected chi connectivity index (χ4v) is 2.47. The summed E-state index contributed by atoms with van der Waals surface area (Å²) in [5, 5.41) is 0.337. The van der Waals surface area contributed by atoms with E-state index in [1.54, 1.807) is 0 Å². The normalized spacial score (nSPS) is 11.8. The zero-order valence-electron chi connectivity index (χ0n) is 11.6. The highest BCUT2D eigenvalue weighted by Gasteiger charge is 2.09. The van der Waals surface area contributed by atoms with Crippen LogP contribution < -0.4 is 0 Å². The van der Waals surface area contributed by atoms with Gasteiger partial charge in [0.05, 0.1) is 5.56 Å². The molecule has 1 aromatic rings. The van der Waals surface area contributed by atoms with Crippen LogP contribution in [0.25, 0.3) is 0 Å². The van der Waals surface area contributed by atoms with Crippen LogP contribution in [0.1, 0.15) is 43.7 Å². The van der Waals surface area contributed by atoms with Crippen molar-refractivity contribution in [2.24, 2.45) is 0 Å². The number of hydrogen-bond donors (Lipinski definition) is 1. The zero-order valence-corrected chi connectivity index (χ0v) is 12.5. The fourth-order valence-electron chi connectivity index (χ4n) is 2.03. The summed E-state index contributed by atoms with van der Waals surface area (Å²) in [5.41, 5.74) is 0.243. The minimum absolute atomic E-state index is 0.337. The first kappa shape index (κ1) is 17.0. The van der Waals surface area contributed by atoms with Gasteiger partial charge in [0.1, 0.15) is 11.6 Å². The maximum Gasteiger partial charge on any atom is 0.150 e. The van der Waals surface area contributed by atoms with Crippen LogP contribution in [0.5, 0.6) is 0 Å². The van der Waals surface area contributed by atoms with Crippen LogP contribution in [0.4, 0.5) is 13.2 Å². The third-order valence-electron chi connectivity index (χ3n) is 3.01. The monoisotopic (exact) mass is 300 g/mol. The highest BCUT2D eigenvalue weighted by Crippen LogP contribution is 2.18. The van der Waals surface area contributed by atoms with E-state index in [0.29, 0.717) is 17.2 Å². The molecule has 1 atom stereocenters. The Morgan fingerprint density at radius 1 is 1.20 bits per heavy atom. The van der Waals surface area contributed by atoms with Crippen molar-refractivity contribution < 1.29 is 13.2 Å². The van der Waals surface area contributed by atoms with E-state index in [9.17, 15) is 13.2 Å². The number of hydrogen-bond acceptors (Lipinski definition) is 1. The molecule has 1 rings (SSSR count). The standard InChI is InChI=1S/C16H19F3S/c1-2-5-13(20)7-3-6-12-10-15(18)14(8-4-9-17)16(19)11-12/h10-11,13,20H,2-3,5-7,9H2,1H3. The van der Waals surface area contributed by atoms with Gasteiger partial charge in [-0.25, -0.2) is 13.2 Å². The van der Waals surface area contributed by atoms with Crippen LogP contribution in [0.15, 0.2) is 12.1 Å². The molecule has 0 aliphatic rings. The van der Waals surface area contributed by atoms with Gasteiger partial charge < -0.3 is 0 Å². The van der Waals surface area contributed by atoms with Crippen LogP contribution >= 0.6 is 12.6 Å². The molecule has 1 aromatic carbocycles. The van der Waals surface area contributed by atoms with Gasteiger partial charge in [0.2, 0.25) is 0 Å². The first-order chi connectivity index (χ1) is 9.58. The van der Waals surface area contributed by atoms with Crippen molar-refractivity contribution in [3.63, 3.8) is 0 Å². The summed E-state index contributed by atoms with van der Waals surface area (Å²) in [6.45, 7) is 1.19. The van der Waals surface area contributed by atoms with Crippen molar-refractivity contribution in [1.82, 2.24) is 0 Å². The molecule has 110 valence electrons. The lowest BCUT2D eigenvalue weighted by molar-refractivity contribution is 0.567. The molecule has 20 heavy (non-hydrogen) atoms. The van der Waals surface area contributed by atoms with Crippen LogP contribution in [0, 0.1) is 23.5 Å². The molecule has 0 amide bonds. The average molecular weight is 300 g/mol. The minimum Gasteiger partial charge on any atom is -0.237 e. The van der Waals surface area contributed by atoms with Crippen molar-refractivity contribution in [1.29, 1.82) is 0 Å². The Morgan fingerprint density at radius 2 is 1.85 bits per heavy atom. The van der Waals surface area contributed by atoms with E-state index < -0.39 is 18.3 Å². The van der Waals surface area contributed by atoms with E-state index in [4.69, 9.17) is 0 Å². The lowest BCUT2D eigenvalue weighted by atomic mass is 10.0. The molecule has 4 heteroatoms. The Morgan fingerprint density at radius 3 is 2.40 bits per heavy atom. The fraction of sp³-hybridized carbons (Fsp3) is 0.500. The van der Waals surface area contributed by atoms with Gasteiger partial charge in [-0.2, -0.15) is 12.6 Å². The second-order valence-electron chi connectivity index (χ2n) is 4.70. The van der Waals surface area contributed by atoms with Crippen molar-refractivity contribution in [3.8, 4) is 11.8 Å². The largest absolute Gasteiger partial charge is 0.237 e. The Bertz CT molecular complexity index is 465. The first-order valence-corrected chi connectivity index (χ1v) is 7.31. The summed E-state index contributed by atoms with van der Waals surface area (Å²) in [5.74, 6) is 2.74. The van der Waals surface area contributed by atoms with Crippen LogP contribution in [0.2, 0.25) is 0 Å². The second-order valence-corrected chi connectivity index (χ2v) is 5.43. The van der Waals surface area contributed by atoms with Crippen molar-refractivity contribution >= 4 is 12.6 Å². The van der Waals surface area contributed by atoms with Crippen LogP contribution in [-0.4, -0.2) is 11.9 Å². The predicted molar refractivity (Wildman–Crippen MR) is 79.8 cm³/mol. The van der Waals surface area contributed by atoms with Gasteiger partial charge in [-0.05, 0) is 43.4 Å². The molecule has 0 radical (unpaired) electrons. The number of alkyl halides is 1. The SMILES string of the molecule is CCCC(S)CCCc1cc(F)c(C#CCF)c(F)c1. The molecule has 0 aliphatic heterocycles. The number of aryl methyl sites for hydroxylation is 1. The van der Waals surface area contributed by atoms with Gasteiger partial charge in [0.15, 0.2) is 6.67 Å². The van der Waals surface area contributed by atoms with E-state index in [1.807, 2.05) is 5.92 Å². The zero-order chi connectivity index (χ0) is 15.0. The molecule has 0 N–H and O–H groups in total. The minimum atomic E-state index is -0.915. The quantitative estimate of drug-likeness (QED) is 0.571. The molecule has 0 nitrogen and oxygen atoms in total. The van der Waals surface area contributed by atoms with E-state index >= 15 is 0 Å². The summed E-state index contributed by atoms with van der Waals surface area (Å²) in [4.78, 5) is 0. The van der Waals surface area contributed by atoms with Gasteiger partial charge in [-0.1, -0.05) is 25.2 Å². The maximum atomic E-state index is 13.7. The summed E-state index contributed by atoms with van der Waals surface area (Å²) in [6.07, 6.45) is 4.49. The molecule has 0 saturated heterocycles. The molecule has 0 aromatic heterocycles. The summed E-state index contributed by atoms with van der Waals surface area (Å²) in [6, 6.07) is 2.55. The maximum absolute atomic E-state index is 13.7. The lowest BCUT2D eigenvalue weighted by Gasteiger charge is -2.09. The molecule has 0 spiro atoms. The third kappa shape index (κ3) is 5.50. The van der Waals surface area contributed by atoms with E-state index in [0.717, 1.165) is 25.7 Å². The second kappa shape index (κ2) is 8.97. The van der Waals surface area contributed by atoms with Gasteiger partial charge in [-0.3, -0.25) is 0 Å². The van der Waals surface area contributed by atoms with E-state index in [-0.39, 0.29) is 5.56 Å². The van der Waals surface area contributed by atoms with Gasteiger partial charge in [0, 0.05) is 5.25 Å². The predicted octanol–water partition coefficient (Wildman–Crippen LogP) is 4.71. The van der Waals surface area contributed by atoms with Crippen LogP contribution in [0.3, 0.4) is 0 Å². The van der Waals surface area contributed by atoms with E-state index in [2.05, 4.69) is 25.5 Å². The van der Waals surface area contributed by atoms with Crippen molar-refractivity contribution in [2.45, 2.75) is 44.3 Å². The van der Waals surface area contributed by atoms with Crippen molar-refractivity contribution in [3.05, 3.63) is 34.9 Å². The molecule has 0 saturated carbocycles. The van der Waals surface area contributed by atoms with Crippen LogP contribution in [-0.2, 0) is 6.42 Å². The average Bonchev–Trinajstić information content (AvgIpc) is 2.38. The Kier molecular flexibility index (Phi) is 7.61. The molecular formula is C16H19F3S. The molecule has 0 bridgehead atoms. The molecular weight excluding hydrogens is 281 g/mol. The molecule has 0 aliphatic carbocycles. The highest BCUT2D eigenvalue weighted by atomic mass is 32.1. The smallest absolute Gasteiger partial charge is 0.150 e. The molecule has 0 fully saturated rings. The third-order valence-corrected chi connectivity index (χ3v) is 3.52. The van der Waals surface area contributed by atoms with Crippen molar-refractivity contribution in [2.75, 3.05) is 6.67 Å². The van der Waals surface area contributed by atoms with Gasteiger partial charge >= 0.3 is 0 Å². The Balaban J connectivity index is 2.65. The lowest BCUT2D eigenvalue weighted by Crippen LogP contribution is -2.00. The number of halogens is 3. The summed E-state index contributed by atoms with van der Waals surface area (Å²) in [7, 11) is 0. The Labute approximate surface area is 124 Å². The number of thiol groups is 1. The first-order valence-electron chi connectivity index (χ1n) is 6.79. The summed E-state index contributed by atoms with van der Waals surface area (Å²) >= 11 is 4.45. The Hall–Kier alpha value is -1.08. The molecule has 0 heterocycles. The number of benzene rings is 1. The number of rotatable bonds is 6. The summed E-state index contributed by atoms with van der Waals surface area (Å²) < 4.78 is 39.2. The molecule has 1 unspecified atom stereocenters. The highest BCUT2D eigenvalue weighted by molar-refractivity contribution is 7.80. The topological polar surface area (TPSA) is 0 Å². The van der Waals surface area contributed by atoms with Gasteiger partial charge in [-0.15, -0.1) is 0 Å². The van der Waals surface area contributed by atoms with E-state index in [1.165, 1.54) is 12.1 Å².